The summed E-state index contributed by atoms with van der Waals surface area (Å²) in [5.41, 5.74) is 4.14. The number of aryl methyl sites for hydroxylation is 2. The Morgan fingerprint density at radius 3 is 2.71 bits per heavy atom. The summed E-state index contributed by atoms with van der Waals surface area (Å²) in [6.45, 7) is 10.8. The SMILES string of the molecule is Cc1ccc(CNCN2CCNCC2)c(C)c1. The van der Waals surface area contributed by atoms with Crippen LogP contribution < -0.4 is 10.6 Å². The van der Waals surface area contributed by atoms with Gasteiger partial charge in [0, 0.05) is 39.4 Å². The van der Waals surface area contributed by atoms with Gasteiger partial charge in [-0.15, -0.1) is 0 Å². The number of piperazine rings is 1. The van der Waals surface area contributed by atoms with Gasteiger partial charge in [0.1, 0.15) is 0 Å². The van der Waals surface area contributed by atoms with Crippen molar-refractivity contribution in [1.29, 1.82) is 0 Å². The highest BCUT2D eigenvalue weighted by Gasteiger charge is 2.08. The maximum atomic E-state index is 3.53. The number of hydrogen-bond donors (Lipinski definition) is 2. The van der Waals surface area contributed by atoms with Gasteiger partial charge in [0.05, 0.1) is 0 Å². The van der Waals surface area contributed by atoms with Crippen LogP contribution in [0.5, 0.6) is 0 Å². The van der Waals surface area contributed by atoms with Gasteiger partial charge in [-0.05, 0) is 25.0 Å². The fourth-order valence-corrected chi connectivity index (χ4v) is 2.26. The highest BCUT2D eigenvalue weighted by molar-refractivity contribution is 5.30. The monoisotopic (exact) mass is 233 g/mol. The van der Waals surface area contributed by atoms with Gasteiger partial charge >= 0.3 is 0 Å². The van der Waals surface area contributed by atoms with Crippen LogP contribution in [0.25, 0.3) is 0 Å². The average molecular weight is 233 g/mol. The molecule has 0 radical (unpaired) electrons. The highest BCUT2D eigenvalue weighted by atomic mass is 15.2. The predicted octanol–water partition coefficient (Wildman–Crippen LogP) is 1.26. The van der Waals surface area contributed by atoms with Crippen molar-refractivity contribution in [3.8, 4) is 0 Å². The zero-order chi connectivity index (χ0) is 12.1. The zero-order valence-corrected chi connectivity index (χ0v) is 10.9. The van der Waals surface area contributed by atoms with Crippen molar-refractivity contribution in [3.63, 3.8) is 0 Å². The van der Waals surface area contributed by atoms with Gasteiger partial charge in [-0.25, -0.2) is 0 Å². The normalized spacial score (nSPS) is 17.3. The predicted molar refractivity (Wildman–Crippen MR) is 72.1 cm³/mol. The number of benzene rings is 1. The molecule has 0 unspecified atom stereocenters. The summed E-state index contributed by atoms with van der Waals surface area (Å²) in [4.78, 5) is 2.46. The topological polar surface area (TPSA) is 27.3 Å². The molecule has 3 nitrogen and oxygen atoms in total. The maximum absolute atomic E-state index is 3.53. The van der Waals surface area contributed by atoms with Crippen LogP contribution in [-0.2, 0) is 6.54 Å². The molecule has 0 bridgehead atoms. The number of hydrogen-bond acceptors (Lipinski definition) is 3. The largest absolute Gasteiger partial charge is 0.314 e. The lowest BCUT2D eigenvalue weighted by atomic mass is 10.1. The van der Waals surface area contributed by atoms with Gasteiger partial charge in [0.25, 0.3) is 0 Å². The lowest BCUT2D eigenvalue weighted by Crippen LogP contribution is -2.46. The highest BCUT2D eigenvalue weighted by Crippen LogP contribution is 2.09. The van der Waals surface area contributed by atoms with Gasteiger partial charge < -0.3 is 10.6 Å². The van der Waals surface area contributed by atoms with Crippen molar-refractivity contribution in [3.05, 3.63) is 34.9 Å². The second kappa shape index (κ2) is 6.15. The number of nitrogens with zero attached hydrogens (tertiary/aromatic N) is 1. The van der Waals surface area contributed by atoms with E-state index in [0.29, 0.717) is 0 Å². The molecule has 1 saturated heterocycles. The van der Waals surface area contributed by atoms with E-state index in [2.05, 4.69) is 47.6 Å². The lowest BCUT2D eigenvalue weighted by Gasteiger charge is -2.27. The van der Waals surface area contributed by atoms with E-state index in [9.17, 15) is 0 Å². The van der Waals surface area contributed by atoms with Gasteiger partial charge in [-0.1, -0.05) is 23.8 Å². The quantitative estimate of drug-likeness (QED) is 0.820. The van der Waals surface area contributed by atoms with Crippen LogP contribution >= 0.6 is 0 Å². The van der Waals surface area contributed by atoms with Gasteiger partial charge in [-0.3, -0.25) is 4.90 Å². The third kappa shape index (κ3) is 3.80. The van der Waals surface area contributed by atoms with E-state index in [1.807, 2.05) is 0 Å². The molecule has 0 aliphatic carbocycles. The van der Waals surface area contributed by atoms with Crippen molar-refractivity contribution in [2.45, 2.75) is 20.4 Å². The third-order valence-electron chi connectivity index (χ3n) is 3.36. The molecule has 1 aromatic carbocycles. The van der Waals surface area contributed by atoms with E-state index in [4.69, 9.17) is 0 Å². The molecule has 1 aliphatic heterocycles. The van der Waals surface area contributed by atoms with Crippen LogP contribution in [0.1, 0.15) is 16.7 Å². The van der Waals surface area contributed by atoms with Crippen LogP contribution in [0.15, 0.2) is 18.2 Å². The van der Waals surface area contributed by atoms with Crippen molar-refractivity contribution in [1.82, 2.24) is 15.5 Å². The second-order valence-electron chi connectivity index (χ2n) is 4.88. The first-order valence-electron chi connectivity index (χ1n) is 6.45. The Hall–Kier alpha value is -0.900. The summed E-state index contributed by atoms with van der Waals surface area (Å²) in [6.07, 6.45) is 0. The molecule has 0 atom stereocenters. The second-order valence-corrected chi connectivity index (χ2v) is 4.88. The fourth-order valence-electron chi connectivity index (χ4n) is 2.26. The molecule has 3 heteroatoms. The molecule has 0 aromatic heterocycles. The molecule has 1 aromatic rings. The van der Waals surface area contributed by atoms with Crippen molar-refractivity contribution >= 4 is 0 Å². The minimum atomic E-state index is 0.968. The summed E-state index contributed by atoms with van der Waals surface area (Å²) in [5, 5.41) is 6.90. The third-order valence-corrected chi connectivity index (χ3v) is 3.36. The number of nitrogens with one attached hydrogen (secondary N) is 2. The van der Waals surface area contributed by atoms with Gasteiger partial charge in [0.2, 0.25) is 0 Å². The molecule has 0 spiro atoms. The molecule has 94 valence electrons. The maximum Gasteiger partial charge on any atom is 0.0484 e. The van der Waals surface area contributed by atoms with Crippen molar-refractivity contribution in [2.24, 2.45) is 0 Å². The Morgan fingerprint density at radius 2 is 2.00 bits per heavy atom. The van der Waals surface area contributed by atoms with Gasteiger partial charge in [-0.2, -0.15) is 0 Å². The van der Waals surface area contributed by atoms with Crippen molar-refractivity contribution < 1.29 is 0 Å². The Morgan fingerprint density at radius 1 is 1.24 bits per heavy atom. The minimum Gasteiger partial charge on any atom is -0.314 e. The Balaban J connectivity index is 1.77. The van der Waals surface area contributed by atoms with E-state index in [1.54, 1.807) is 0 Å². The number of rotatable bonds is 4. The van der Waals surface area contributed by atoms with Crippen LogP contribution in [0.2, 0.25) is 0 Å². The van der Waals surface area contributed by atoms with E-state index < -0.39 is 0 Å². The minimum absolute atomic E-state index is 0.968. The average Bonchev–Trinajstić information content (AvgIpc) is 2.33. The molecule has 0 amide bonds. The molecule has 2 rings (SSSR count). The summed E-state index contributed by atoms with van der Waals surface area (Å²) in [7, 11) is 0. The molecule has 1 fully saturated rings. The standard InChI is InChI=1S/C14H23N3/c1-12-3-4-14(13(2)9-12)10-16-11-17-7-5-15-6-8-17/h3-4,9,15-16H,5-8,10-11H2,1-2H3. The van der Waals surface area contributed by atoms with E-state index in [0.717, 1.165) is 39.4 Å². The first-order valence-corrected chi connectivity index (χ1v) is 6.45. The van der Waals surface area contributed by atoms with Crippen LogP contribution in [0.3, 0.4) is 0 Å². The molecule has 1 heterocycles. The Kier molecular flexibility index (Phi) is 4.54. The molecular weight excluding hydrogens is 210 g/mol. The molecule has 0 saturated carbocycles. The summed E-state index contributed by atoms with van der Waals surface area (Å²) >= 11 is 0. The molecular formula is C14H23N3. The van der Waals surface area contributed by atoms with Gasteiger partial charge in [0.15, 0.2) is 0 Å². The summed E-state index contributed by atoms with van der Waals surface area (Å²) in [5.74, 6) is 0. The summed E-state index contributed by atoms with van der Waals surface area (Å²) in [6, 6.07) is 6.67. The smallest absolute Gasteiger partial charge is 0.0484 e. The van der Waals surface area contributed by atoms with E-state index in [1.165, 1.54) is 16.7 Å². The van der Waals surface area contributed by atoms with E-state index >= 15 is 0 Å². The van der Waals surface area contributed by atoms with E-state index in [-0.39, 0.29) is 0 Å². The van der Waals surface area contributed by atoms with Crippen LogP contribution in [0, 0.1) is 13.8 Å². The lowest BCUT2D eigenvalue weighted by molar-refractivity contribution is 0.223. The molecule has 17 heavy (non-hydrogen) atoms. The molecule has 2 N–H and O–H groups in total. The first kappa shape index (κ1) is 12.6. The Bertz CT molecular complexity index is 356. The summed E-state index contributed by atoms with van der Waals surface area (Å²) < 4.78 is 0. The van der Waals surface area contributed by atoms with Crippen LogP contribution in [0.4, 0.5) is 0 Å². The molecule has 1 aliphatic rings. The van der Waals surface area contributed by atoms with Crippen molar-refractivity contribution in [2.75, 3.05) is 32.8 Å². The zero-order valence-electron chi connectivity index (χ0n) is 10.9. The Labute approximate surface area is 104 Å². The van der Waals surface area contributed by atoms with Crippen LogP contribution in [-0.4, -0.2) is 37.7 Å². The fraction of sp³-hybridized carbons (Fsp3) is 0.571. The first-order chi connectivity index (χ1) is 8.25.